The molecule has 0 fully saturated rings. The standard InChI is InChI=1S/C27H33ClN4O2S/c1-7-23-24(30-31-26(33)35-23)17-8-10-21-19(14-17)27(4,5)12-13-32(21)25(29-16(2)3)18-9-11-22(34-6)20(28)15-18/h8-11,14-16,23H,7,12-13H2,1-6H3,(H,31,33). The third-order valence-electron chi connectivity index (χ3n) is 6.51. The summed E-state index contributed by atoms with van der Waals surface area (Å²) in [5, 5.41) is 4.94. The number of nitrogens with zero attached hydrogens (tertiary/aromatic N) is 3. The third-order valence-corrected chi connectivity index (χ3v) is 7.95. The van der Waals surface area contributed by atoms with Crippen LogP contribution in [0.2, 0.25) is 5.02 Å². The molecule has 2 aliphatic heterocycles. The minimum absolute atomic E-state index is 0.0182. The Labute approximate surface area is 217 Å². The van der Waals surface area contributed by atoms with Crippen molar-refractivity contribution in [2.45, 2.75) is 64.2 Å². The fourth-order valence-corrected chi connectivity index (χ4v) is 5.69. The summed E-state index contributed by atoms with van der Waals surface area (Å²) >= 11 is 7.80. The number of amides is 1. The van der Waals surface area contributed by atoms with Gasteiger partial charge in [0.1, 0.15) is 11.6 Å². The number of rotatable bonds is 5. The van der Waals surface area contributed by atoms with Crippen molar-refractivity contribution in [3.05, 3.63) is 58.1 Å². The Morgan fingerprint density at radius 2 is 2.09 bits per heavy atom. The van der Waals surface area contributed by atoms with E-state index in [1.165, 1.54) is 17.3 Å². The molecule has 35 heavy (non-hydrogen) atoms. The fourth-order valence-electron chi connectivity index (χ4n) is 4.61. The average Bonchev–Trinajstić information content (AvgIpc) is 2.82. The molecule has 6 nitrogen and oxygen atoms in total. The summed E-state index contributed by atoms with van der Waals surface area (Å²) < 4.78 is 5.36. The van der Waals surface area contributed by atoms with E-state index in [0.717, 1.165) is 47.7 Å². The number of fused-ring (bicyclic) bond motifs is 1. The highest BCUT2D eigenvalue weighted by Crippen LogP contribution is 2.42. The molecule has 1 unspecified atom stereocenters. The second kappa shape index (κ2) is 10.2. The number of amidine groups is 1. The zero-order valence-electron chi connectivity index (χ0n) is 21.2. The molecule has 0 bridgehead atoms. The van der Waals surface area contributed by atoms with E-state index in [2.05, 4.69) is 68.2 Å². The zero-order valence-corrected chi connectivity index (χ0v) is 22.8. The largest absolute Gasteiger partial charge is 0.495 e. The highest BCUT2D eigenvalue weighted by Gasteiger charge is 2.35. The van der Waals surface area contributed by atoms with Gasteiger partial charge in [-0.3, -0.25) is 9.79 Å². The van der Waals surface area contributed by atoms with Gasteiger partial charge < -0.3 is 9.64 Å². The van der Waals surface area contributed by atoms with E-state index in [9.17, 15) is 4.79 Å². The van der Waals surface area contributed by atoms with Crippen molar-refractivity contribution in [1.29, 1.82) is 0 Å². The fraction of sp³-hybridized carbons (Fsp3) is 0.444. The maximum Gasteiger partial charge on any atom is 0.299 e. The molecule has 0 saturated carbocycles. The summed E-state index contributed by atoms with van der Waals surface area (Å²) in [6.07, 6.45) is 1.81. The Balaban J connectivity index is 1.81. The molecule has 186 valence electrons. The quantitative estimate of drug-likeness (QED) is 0.360. The number of halogens is 1. The second-order valence-corrected chi connectivity index (χ2v) is 11.4. The molecule has 0 saturated heterocycles. The predicted molar refractivity (Wildman–Crippen MR) is 148 cm³/mol. The van der Waals surface area contributed by atoms with Crippen molar-refractivity contribution in [2.75, 3.05) is 18.6 Å². The lowest BCUT2D eigenvalue weighted by Gasteiger charge is -2.41. The molecule has 2 aliphatic rings. The smallest absolute Gasteiger partial charge is 0.299 e. The molecule has 1 N–H and O–H groups in total. The number of anilines is 1. The number of nitrogens with one attached hydrogen (secondary N) is 1. The highest BCUT2D eigenvalue weighted by atomic mass is 35.5. The summed E-state index contributed by atoms with van der Waals surface area (Å²) in [6, 6.07) is 12.5. The molecular formula is C27H33ClN4O2S. The van der Waals surface area contributed by atoms with E-state index in [0.29, 0.717) is 10.8 Å². The first-order chi connectivity index (χ1) is 16.6. The number of ether oxygens (including phenoxy) is 1. The van der Waals surface area contributed by atoms with Gasteiger partial charge in [0.05, 0.1) is 23.1 Å². The van der Waals surface area contributed by atoms with E-state index in [4.69, 9.17) is 21.3 Å². The summed E-state index contributed by atoms with van der Waals surface area (Å²) in [5.74, 6) is 1.55. The molecule has 0 spiro atoms. The number of hydrogen-bond donors (Lipinski definition) is 1. The van der Waals surface area contributed by atoms with Gasteiger partial charge in [0, 0.05) is 23.8 Å². The molecule has 2 aromatic rings. The van der Waals surface area contributed by atoms with Crippen molar-refractivity contribution < 1.29 is 9.53 Å². The van der Waals surface area contributed by atoms with Crippen LogP contribution in [0, 0.1) is 0 Å². The number of hydrogen-bond acceptors (Lipinski definition) is 5. The first-order valence-corrected chi connectivity index (χ1v) is 13.3. The Bertz CT molecular complexity index is 1190. The van der Waals surface area contributed by atoms with E-state index in [-0.39, 0.29) is 21.9 Å². The lowest BCUT2D eigenvalue weighted by Crippen LogP contribution is -2.42. The molecule has 8 heteroatoms. The van der Waals surface area contributed by atoms with Crippen LogP contribution in [0.5, 0.6) is 5.75 Å². The number of hydrazone groups is 1. The van der Waals surface area contributed by atoms with Crippen molar-refractivity contribution >= 4 is 45.8 Å². The van der Waals surface area contributed by atoms with Crippen LogP contribution < -0.4 is 15.1 Å². The van der Waals surface area contributed by atoms with E-state index in [1.807, 2.05) is 18.2 Å². The van der Waals surface area contributed by atoms with Crippen molar-refractivity contribution in [3.63, 3.8) is 0 Å². The maximum absolute atomic E-state index is 11.9. The summed E-state index contributed by atoms with van der Waals surface area (Å²) in [4.78, 5) is 19.2. The summed E-state index contributed by atoms with van der Waals surface area (Å²) in [7, 11) is 1.62. The van der Waals surface area contributed by atoms with Gasteiger partial charge in [-0.1, -0.05) is 50.2 Å². The molecule has 0 aliphatic carbocycles. The topological polar surface area (TPSA) is 66.3 Å². The normalized spacial score (nSPS) is 19.8. The van der Waals surface area contributed by atoms with Crippen molar-refractivity contribution in [1.82, 2.24) is 5.43 Å². The minimum atomic E-state index is -0.0993. The van der Waals surface area contributed by atoms with Gasteiger partial charge in [-0.25, -0.2) is 5.43 Å². The molecule has 1 atom stereocenters. The first kappa shape index (κ1) is 25.6. The van der Waals surface area contributed by atoms with E-state index >= 15 is 0 Å². The van der Waals surface area contributed by atoms with E-state index < -0.39 is 0 Å². The monoisotopic (exact) mass is 512 g/mol. The van der Waals surface area contributed by atoms with Gasteiger partial charge in [-0.05, 0) is 73.6 Å². The van der Waals surface area contributed by atoms with E-state index in [1.54, 1.807) is 7.11 Å². The van der Waals surface area contributed by atoms with Crippen molar-refractivity contribution in [2.24, 2.45) is 10.1 Å². The number of carbonyl (C=O) groups is 1. The summed E-state index contributed by atoms with van der Waals surface area (Å²) in [6.45, 7) is 11.7. The third kappa shape index (κ3) is 5.21. The average molecular weight is 513 g/mol. The lowest BCUT2D eigenvalue weighted by molar-refractivity contribution is 0.260. The van der Waals surface area contributed by atoms with Crippen LogP contribution in [-0.4, -0.2) is 41.7 Å². The predicted octanol–water partition coefficient (Wildman–Crippen LogP) is 6.63. The van der Waals surface area contributed by atoms with Crippen LogP contribution in [0.3, 0.4) is 0 Å². The molecule has 0 aromatic heterocycles. The van der Waals surface area contributed by atoms with Crippen LogP contribution in [0.4, 0.5) is 10.5 Å². The van der Waals surface area contributed by atoms with Gasteiger partial charge in [-0.2, -0.15) is 5.10 Å². The van der Waals surface area contributed by atoms with Gasteiger partial charge in [0.15, 0.2) is 0 Å². The van der Waals surface area contributed by atoms with Gasteiger partial charge in [-0.15, -0.1) is 0 Å². The minimum Gasteiger partial charge on any atom is -0.495 e. The summed E-state index contributed by atoms with van der Waals surface area (Å²) in [5.41, 5.74) is 7.94. The highest BCUT2D eigenvalue weighted by molar-refractivity contribution is 8.14. The number of thioether (sulfide) groups is 1. The zero-order chi connectivity index (χ0) is 25.3. The van der Waals surface area contributed by atoms with Crippen LogP contribution in [0.25, 0.3) is 0 Å². The Kier molecular flexibility index (Phi) is 7.48. The first-order valence-electron chi connectivity index (χ1n) is 12.0. The second-order valence-electron chi connectivity index (χ2n) is 9.82. The maximum atomic E-state index is 11.9. The number of methoxy groups -OCH3 is 1. The molecular weight excluding hydrogens is 480 g/mol. The number of aliphatic imine (C=N–C) groups is 1. The van der Waals surface area contributed by atoms with Gasteiger partial charge in [0.2, 0.25) is 0 Å². The molecule has 1 amide bonds. The molecule has 2 aromatic carbocycles. The Morgan fingerprint density at radius 1 is 1.31 bits per heavy atom. The number of benzene rings is 2. The van der Waals surface area contributed by atoms with Crippen molar-refractivity contribution in [3.8, 4) is 5.75 Å². The van der Waals surface area contributed by atoms with Crippen LogP contribution in [0.15, 0.2) is 46.5 Å². The van der Waals surface area contributed by atoms with Crippen LogP contribution in [0.1, 0.15) is 64.2 Å². The SMILES string of the molecule is CCC1SC(=O)NN=C1c1ccc2c(c1)C(C)(C)CCN2C(=NC(C)C)c1ccc(OC)c(Cl)c1. The Hall–Kier alpha value is -2.51. The number of carbonyl (C=O) groups excluding carboxylic acids is 1. The molecule has 2 heterocycles. The van der Waals surface area contributed by atoms with Crippen LogP contribution >= 0.6 is 23.4 Å². The lowest BCUT2D eigenvalue weighted by atomic mass is 9.76. The van der Waals surface area contributed by atoms with Gasteiger partial charge >= 0.3 is 0 Å². The molecule has 0 radical (unpaired) electrons. The Morgan fingerprint density at radius 3 is 2.74 bits per heavy atom. The van der Waals surface area contributed by atoms with Gasteiger partial charge in [0.25, 0.3) is 5.24 Å². The van der Waals surface area contributed by atoms with Crippen LogP contribution in [-0.2, 0) is 5.41 Å². The molecule has 4 rings (SSSR count).